The molecule has 0 saturated carbocycles. The van der Waals surface area contributed by atoms with E-state index in [1.165, 1.54) is 0 Å². The fourth-order valence-electron chi connectivity index (χ4n) is 2.15. The molecule has 4 nitrogen and oxygen atoms in total. The number of nitrogens with zero attached hydrogens (tertiary/aromatic N) is 2. The summed E-state index contributed by atoms with van der Waals surface area (Å²) >= 11 is 0. The number of hydrogen-bond donors (Lipinski definition) is 0. The lowest BCUT2D eigenvalue weighted by molar-refractivity contribution is -0.117. The lowest BCUT2D eigenvalue weighted by atomic mass is 10.1. The number of carbonyl (C=O) groups is 1. The number of rotatable bonds is 9. The predicted octanol–water partition coefficient (Wildman–Crippen LogP) is 1.81. The van der Waals surface area contributed by atoms with Gasteiger partial charge in [0.2, 0.25) is 0 Å². The van der Waals surface area contributed by atoms with Gasteiger partial charge in [0.25, 0.3) is 0 Å². The molecule has 0 amide bonds. The Labute approximate surface area is 123 Å². The lowest BCUT2D eigenvalue weighted by Crippen LogP contribution is -2.47. The van der Waals surface area contributed by atoms with Gasteiger partial charge in [0, 0.05) is 51.8 Å². The van der Waals surface area contributed by atoms with Crippen molar-refractivity contribution < 1.29 is 9.53 Å². The maximum absolute atomic E-state index is 11.5. The van der Waals surface area contributed by atoms with Crippen molar-refractivity contribution in [3.05, 3.63) is 12.2 Å². The second-order valence-corrected chi connectivity index (χ2v) is 5.71. The summed E-state index contributed by atoms with van der Waals surface area (Å²) in [6, 6.07) is 0. The fourth-order valence-corrected chi connectivity index (χ4v) is 2.15. The number of piperazine rings is 1. The quantitative estimate of drug-likeness (QED) is 0.477. The highest BCUT2D eigenvalue weighted by atomic mass is 16.5. The Morgan fingerprint density at radius 2 is 1.80 bits per heavy atom. The van der Waals surface area contributed by atoms with Crippen LogP contribution in [0, 0.1) is 5.92 Å². The summed E-state index contributed by atoms with van der Waals surface area (Å²) < 4.78 is 5.52. The SMILES string of the molecule is CCCOCCN1CCN(C/C=C/C(=O)C(C)C)CC1. The first-order chi connectivity index (χ1) is 9.63. The van der Waals surface area contributed by atoms with Gasteiger partial charge in [0.05, 0.1) is 6.61 Å². The average Bonchev–Trinajstić information content (AvgIpc) is 2.45. The summed E-state index contributed by atoms with van der Waals surface area (Å²) in [5.41, 5.74) is 0. The van der Waals surface area contributed by atoms with E-state index in [9.17, 15) is 4.79 Å². The molecule has 0 aromatic carbocycles. The van der Waals surface area contributed by atoms with Crippen molar-refractivity contribution in [2.75, 3.05) is 52.5 Å². The largest absolute Gasteiger partial charge is 0.380 e. The molecule has 0 bridgehead atoms. The van der Waals surface area contributed by atoms with Gasteiger partial charge in [-0.05, 0) is 12.5 Å². The third-order valence-corrected chi connectivity index (χ3v) is 3.58. The molecule has 0 radical (unpaired) electrons. The summed E-state index contributed by atoms with van der Waals surface area (Å²) in [4.78, 5) is 16.3. The van der Waals surface area contributed by atoms with Crippen LogP contribution in [0.4, 0.5) is 0 Å². The summed E-state index contributed by atoms with van der Waals surface area (Å²) in [6.07, 6.45) is 4.83. The zero-order valence-corrected chi connectivity index (χ0v) is 13.3. The van der Waals surface area contributed by atoms with E-state index in [0.29, 0.717) is 0 Å². The molecule has 0 atom stereocenters. The van der Waals surface area contributed by atoms with Gasteiger partial charge in [-0.25, -0.2) is 0 Å². The van der Waals surface area contributed by atoms with E-state index in [-0.39, 0.29) is 11.7 Å². The molecule has 0 spiro atoms. The van der Waals surface area contributed by atoms with Crippen LogP contribution in [0.15, 0.2) is 12.2 Å². The second-order valence-electron chi connectivity index (χ2n) is 5.71. The lowest BCUT2D eigenvalue weighted by Gasteiger charge is -2.34. The van der Waals surface area contributed by atoms with E-state index in [2.05, 4.69) is 16.7 Å². The topological polar surface area (TPSA) is 32.8 Å². The predicted molar refractivity (Wildman–Crippen MR) is 83.0 cm³/mol. The standard InChI is InChI=1S/C16H30N2O2/c1-4-13-20-14-12-18-10-8-17(9-11-18)7-5-6-16(19)15(2)3/h5-6,15H,4,7-14H2,1-3H3/b6-5+. The van der Waals surface area contributed by atoms with Crippen molar-refractivity contribution in [3.63, 3.8) is 0 Å². The maximum Gasteiger partial charge on any atom is 0.157 e. The Bertz CT molecular complexity index is 295. The molecule has 0 aliphatic carbocycles. The molecule has 1 rings (SSSR count). The van der Waals surface area contributed by atoms with Crippen LogP contribution in [0.1, 0.15) is 27.2 Å². The highest BCUT2D eigenvalue weighted by Gasteiger charge is 2.15. The molecule has 116 valence electrons. The Morgan fingerprint density at radius 3 is 2.40 bits per heavy atom. The van der Waals surface area contributed by atoms with Crippen LogP contribution in [0.25, 0.3) is 0 Å². The van der Waals surface area contributed by atoms with Gasteiger partial charge in [-0.1, -0.05) is 26.8 Å². The Balaban J connectivity index is 2.11. The smallest absolute Gasteiger partial charge is 0.157 e. The molecule has 1 saturated heterocycles. The molecule has 0 aromatic heterocycles. The fraction of sp³-hybridized carbons (Fsp3) is 0.812. The Morgan fingerprint density at radius 1 is 1.15 bits per heavy atom. The first kappa shape index (κ1) is 17.3. The van der Waals surface area contributed by atoms with Crippen LogP contribution in [-0.4, -0.2) is 68.1 Å². The zero-order chi connectivity index (χ0) is 14.8. The molecule has 0 unspecified atom stereocenters. The third-order valence-electron chi connectivity index (χ3n) is 3.58. The normalized spacial score (nSPS) is 18.2. The van der Waals surface area contributed by atoms with E-state index in [0.717, 1.165) is 58.9 Å². The minimum atomic E-state index is 0.103. The summed E-state index contributed by atoms with van der Waals surface area (Å²) in [5, 5.41) is 0. The van der Waals surface area contributed by atoms with Gasteiger partial charge in [0.15, 0.2) is 5.78 Å². The van der Waals surface area contributed by atoms with Crippen LogP contribution in [0.2, 0.25) is 0 Å². The zero-order valence-electron chi connectivity index (χ0n) is 13.3. The molecule has 1 aliphatic rings. The van der Waals surface area contributed by atoms with Crippen molar-refractivity contribution in [2.24, 2.45) is 5.92 Å². The van der Waals surface area contributed by atoms with E-state index in [4.69, 9.17) is 4.74 Å². The average molecular weight is 282 g/mol. The Hall–Kier alpha value is -0.710. The minimum absolute atomic E-state index is 0.103. The minimum Gasteiger partial charge on any atom is -0.380 e. The van der Waals surface area contributed by atoms with Crippen molar-refractivity contribution in [2.45, 2.75) is 27.2 Å². The maximum atomic E-state index is 11.5. The van der Waals surface area contributed by atoms with Crippen molar-refractivity contribution in [1.29, 1.82) is 0 Å². The van der Waals surface area contributed by atoms with Gasteiger partial charge in [0.1, 0.15) is 0 Å². The molecule has 0 N–H and O–H groups in total. The second kappa shape index (κ2) is 10.1. The number of allylic oxidation sites excluding steroid dienone is 1. The number of ketones is 1. The highest BCUT2D eigenvalue weighted by molar-refractivity contribution is 5.91. The summed E-state index contributed by atoms with van der Waals surface area (Å²) in [7, 11) is 0. The molecule has 1 aliphatic heterocycles. The molecule has 4 heteroatoms. The van der Waals surface area contributed by atoms with Crippen LogP contribution >= 0.6 is 0 Å². The van der Waals surface area contributed by atoms with E-state index < -0.39 is 0 Å². The van der Waals surface area contributed by atoms with Crippen LogP contribution in [0.5, 0.6) is 0 Å². The van der Waals surface area contributed by atoms with E-state index in [1.54, 1.807) is 6.08 Å². The number of ether oxygens (including phenoxy) is 1. The van der Waals surface area contributed by atoms with Gasteiger partial charge in [-0.3, -0.25) is 14.6 Å². The number of hydrogen-bond acceptors (Lipinski definition) is 4. The van der Waals surface area contributed by atoms with E-state index in [1.807, 2.05) is 19.9 Å². The van der Waals surface area contributed by atoms with Gasteiger partial charge < -0.3 is 4.74 Å². The molecular formula is C16H30N2O2. The van der Waals surface area contributed by atoms with Crippen molar-refractivity contribution in [1.82, 2.24) is 9.80 Å². The third kappa shape index (κ3) is 7.17. The van der Waals surface area contributed by atoms with Crippen LogP contribution in [0.3, 0.4) is 0 Å². The first-order valence-corrected chi connectivity index (χ1v) is 7.86. The summed E-state index contributed by atoms with van der Waals surface area (Å²) in [6.45, 7) is 14.0. The highest BCUT2D eigenvalue weighted by Crippen LogP contribution is 2.02. The van der Waals surface area contributed by atoms with Gasteiger partial charge in [-0.2, -0.15) is 0 Å². The summed E-state index contributed by atoms with van der Waals surface area (Å²) in [5.74, 6) is 0.322. The molecule has 0 aromatic rings. The van der Waals surface area contributed by atoms with Gasteiger partial charge in [-0.15, -0.1) is 0 Å². The molecule has 1 fully saturated rings. The van der Waals surface area contributed by atoms with Crippen molar-refractivity contribution >= 4 is 5.78 Å². The molecular weight excluding hydrogens is 252 g/mol. The van der Waals surface area contributed by atoms with Crippen molar-refractivity contribution in [3.8, 4) is 0 Å². The Kier molecular flexibility index (Phi) is 8.74. The molecule has 20 heavy (non-hydrogen) atoms. The van der Waals surface area contributed by atoms with Gasteiger partial charge >= 0.3 is 0 Å². The van der Waals surface area contributed by atoms with Crippen LogP contribution < -0.4 is 0 Å². The first-order valence-electron chi connectivity index (χ1n) is 7.86. The monoisotopic (exact) mass is 282 g/mol. The number of carbonyl (C=O) groups excluding carboxylic acids is 1. The molecule has 1 heterocycles. The van der Waals surface area contributed by atoms with E-state index >= 15 is 0 Å². The van der Waals surface area contributed by atoms with Crippen LogP contribution in [-0.2, 0) is 9.53 Å².